The van der Waals surface area contributed by atoms with Gasteiger partial charge in [-0.05, 0) is 114 Å². The molecule has 4 aromatic heterocycles. The average Bonchev–Trinajstić information content (AvgIpc) is 3.87. The van der Waals surface area contributed by atoms with Crippen molar-refractivity contribution in [2.75, 3.05) is 57.8 Å². The predicted octanol–water partition coefficient (Wildman–Crippen LogP) is 9.47. The number of hydrogen-bond donors (Lipinski definition) is 0. The second-order valence-corrected chi connectivity index (χ2v) is 17.7. The van der Waals surface area contributed by atoms with Gasteiger partial charge in [0.2, 0.25) is 0 Å². The highest BCUT2D eigenvalue weighted by atomic mass is 35.5. The van der Waals surface area contributed by atoms with Crippen molar-refractivity contribution in [3.8, 4) is 28.3 Å². The van der Waals surface area contributed by atoms with Crippen LogP contribution in [0.3, 0.4) is 0 Å². The van der Waals surface area contributed by atoms with E-state index in [-0.39, 0.29) is 11.9 Å². The van der Waals surface area contributed by atoms with Crippen molar-refractivity contribution in [1.29, 1.82) is 0 Å². The van der Waals surface area contributed by atoms with Gasteiger partial charge in [-0.25, -0.2) is 9.97 Å². The Balaban J connectivity index is 1.16. The van der Waals surface area contributed by atoms with E-state index in [1.807, 2.05) is 61.7 Å². The van der Waals surface area contributed by atoms with Crippen molar-refractivity contribution in [2.45, 2.75) is 60.0 Å². The zero-order valence-corrected chi connectivity index (χ0v) is 37.6. The second-order valence-electron chi connectivity index (χ2n) is 16.9. The Hall–Kier alpha value is -5.20. The number of carbonyl (C=O) groups is 1. The van der Waals surface area contributed by atoms with Gasteiger partial charge in [0.1, 0.15) is 11.4 Å². The van der Waals surface area contributed by atoms with Gasteiger partial charge in [-0.2, -0.15) is 5.10 Å². The number of carbonyl (C=O) groups excluding carboxylic acids is 1. The molecule has 3 aromatic carbocycles. The average molecular weight is 859 g/mol. The van der Waals surface area contributed by atoms with Crippen LogP contribution in [-0.2, 0) is 20.0 Å². The van der Waals surface area contributed by atoms with Crippen LogP contribution < -0.4 is 9.64 Å². The third-order valence-corrected chi connectivity index (χ3v) is 13.7. The standard InChI is InChI=1S/C48H53Cl2N9O2/c1-29-24-35(25-30(2)44(29)50)61-23-8-10-36-37-12-13-39(49)43(42-32(4)53-55(7)33(42)5)45(37)59-31(3)27-58(48(60)46(36)59)41-28-57(22-21-56-19-17-54(6)18-20-56)40-14-11-34(26-38(40)41)47-51-15-9-16-52-47/h9,11-16,24-26,28,31H,8,10,17-23,27H2,1-7H3. The van der Waals surface area contributed by atoms with Gasteiger partial charge >= 0.3 is 0 Å². The fourth-order valence-electron chi connectivity index (χ4n) is 9.52. The summed E-state index contributed by atoms with van der Waals surface area (Å²) in [4.78, 5) is 31.7. The van der Waals surface area contributed by atoms with Crippen molar-refractivity contribution in [1.82, 2.24) is 38.7 Å². The molecule has 9 rings (SSSR count). The normalized spacial score (nSPS) is 16.3. The summed E-state index contributed by atoms with van der Waals surface area (Å²) in [6.45, 7) is 17.2. The zero-order chi connectivity index (χ0) is 42.7. The molecular formula is C48H53Cl2N9O2. The largest absolute Gasteiger partial charge is 0.494 e. The Morgan fingerprint density at radius 3 is 2.31 bits per heavy atom. The molecule has 0 N–H and O–H groups in total. The van der Waals surface area contributed by atoms with Gasteiger partial charge in [-0.3, -0.25) is 14.4 Å². The molecule has 7 aromatic rings. The highest BCUT2D eigenvalue weighted by Gasteiger charge is 2.38. The molecule has 1 unspecified atom stereocenters. The molecule has 13 heteroatoms. The molecule has 6 heterocycles. The van der Waals surface area contributed by atoms with Crippen molar-refractivity contribution in [2.24, 2.45) is 7.05 Å². The molecule has 2 aliphatic rings. The first kappa shape index (κ1) is 41.2. The summed E-state index contributed by atoms with van der Waals surface area (Å²) in [7, 11) is 4.15. The number of likely N-dealkylation sites (N-methyl/N-ethyl adjacent to an activating group) is 1. The van der Waals surface area contributed by atoms with Crippen LogP contribution in [-0.4, -0.2) is 97.5 Å². The molecule has 1 saturated heterocycles. The zero-order valence-electron chi connectivity index (χ0n) is 36.1. The number of hydrogen-bond acceptors (Lipinski definition) is 7. The summed E-state index contributed by atoms with van der Waals surface area (Å²) in [5.74, 6) is 1.41. The van der Waals surface area contributed by atoms with Crippen molar-refractivity contribution >= 4 is 56.6 Å². The maximum Gasteiger partial charge on any atom is 0.275 e. The van der Waals surface area contributed by atoms with E-state index in [2.05, 4.69) is 80.3 Å². The van der Waals surface area contributed by atoms with Crippen molar-refractivity contribution < 1.29 is 9.53 Å². The predicted molar refractivity (Wildman–Crippen MR) is 247 cm³/mol. The molecule has 0 radical (unpaired) electrons. The number of rotatable bonds is 11. The van der Waals surface area contributed by atoms with Gasteiger partial charge < -0.3 is 23.7 Å². The van der Waals surface area contributed by atoms with Gasteiger partial charge in [0.15, 0.2) is 5.82 Å². The van der Waals surface area contributed by atoms with E-state index in [9.17, 15) is 0 Å². The number of ether oxygens (including phenoxy) is 1. The molecule has 2 aliphatic heterocycles. The molecule has 1 fully saturated rings. The van der Waals surface area contributed by atoms with Gasteiger partial charge in [0, 0.05) is 116 Å². The first-order chi connectivity index (χ1) is 29.4. The Labute approximate surface area is 367 Å². The first-order valence-corrected chi connectivity index (χ1v) is 22.0. The lowest BCUT2D eigenvalue weighted by Gasteiger charge is -2.34. The third kappa shape index (κ3) is 7.49. The van der Waals surface area contributed by atoms with Crippen LogP contribution >= 0.6 is 23.2 Å². The van der Waals surface area contributed by atoms with E-state index in [0.29, 0.717) is 42.5 Å². The summed E-state index contributed by atoms with van der Waals surface area (Å²) in [5, 5.41) is 8.21. The summed E-state index contributed by atoms with van der Waals surface area (Å²) in [5.41, 5.74) is 11.3. The highest BCUT2D eigenvalue weighted by Crippen LogP contribution is 2.46. The summed E-state index contributed by atoms with van der Waals surface area (Å²) < 4.78 is 12.8. The fourth-order valence-corrected chi connectivity index (χ4v) is 9.88. The maximum atomic E-state index is 15.6. The van der Waals surface area contributed by atoms with Crippen LogP contribution in [0.15, 0.2) is 67.1 Å². The number of nitrogens with zero attached hydrogens (tertiary/aromatic N) is 9. The smallest absolute Gasteiger partial charge is 0.275 e. The number of fused-ring (bicyclic) bond motifs is 4. The SMILES string of the molecule is Cc1cc(OCCCc2c3n(c4c(-c5c(C)nn(C)c5C)c(Cl)ccc24)C(C)CN(c2cn(CCN4CCN(C)CC4)c4ccc(-c5ncccn5)cc24)C3=O)cc(C)c1Cl. The topological polar surface area (TPSA) is 89.5 Å². The fraction of sp³-hybridized carbons (Fsp3) is 0.375. The number of piperazine rings is 1. The minimum atomic E-state index is -0.0842. The molecule has 0 aliphatic carbocycles. The minimum Gasteiger partial charge on any atom is -0.494 e. The Morgan fingerprint density at radius 1 is 0.869 bits per heavy atom. The molecule has 11 nitrogen and oxygen atoms in total. The molecular weight excluding hydrogens is 805 g/mol. The van der Waals surface area contributed by atoms with E-state index in [1.54, 1.807) is 12.4 Å². The molecule has 0 saturated carbocycles. The molecule has 316 valence electrons. The van der Waals surface area contributed by atoms with Crippen LogP contribution in [0.4, 0.5) is 5.69 Å². The van der Waals surface area contributed by atoms with Crippen LogP contribution in [0.5, 0.6) is 5.75 Å². The molecule has 1 atom stereocenters. The number of aromatic nitrogens is 6. The van der Waals surface area contributed by atoms with Crippen molar-refractivity contribution in [3.05, 3.63) is 111 Å². The minimum absolute atomic E-state index is 0.0321. The van der Waals surface area contributed by atoms with Crippen LogP contribution in [0.1, 0.15) is 58.0 Å². The van der Waals surface area contributed by atoms with E-state index in [4.69, 9.17) is 33.0 Å². The maximum absolute atomic E-state index is 15.6. The van der Waals surface area contributed by atoms with E-state index >= 15 is 4.79 Å². The van der Waals surface area contributed by atoms with Gasteiger partial charge in [-0.15, -0.1) is 0 Å². The highest BCUT2D eigenvalue weighted by molar-refractivity contribution is 6.35. The van der Waals surface area contributed by atoms with Crippen LogP contribution in [0, 0.1) is 27.7 Å². The lowest BCUT2D eigenvalue weighted by molar-refractivity contribution is 0.0957. The van der Waals surface area contributed by atoms with E-state index in [0.717, 1.165) is 122 Å². The monoisotopic (exact) mass is 857 g/mol. The first-order valence-electron chi connectivity index (χ1n) is 21.3. The van der Waals surface area contributed by atoms with Crippen molar-refractivity contribution in [3.63, 3.8) is 0 Å². The second kappa shape index (κ2) is 16.6. The Morgan fingerprint density at radius 2 is 1.61 bits per heavy atom. The van der Waals surface area contributed by atoms with Crippen LogP contribution in [0.2, 0.25) is 10.0 Å². The summed E-state index contributed by atoms with van der Waals surface area (Å²) in [6, 6.07) is 16.2. The number of anilines is 1. The number of aryl methyl sites for hydroxylation is 5. The Kier molecular flexibility index (Phi) is 11.2. The molecule has 1 amide bonds. The van der Waals surface area contributed by atoms with Gasteiger partial charge in [-0.1, -0.05) is 29.3 Å². The van der Waals surface area contributed by atoms with Gasteiger partial charge in [0.25, 0.3) is 5.91 Å². The van der Waals surface area contributed by atoms with E-state index < -0.39 is 0 Å². The lowest BCUT2D eigenvalue weighted by atomic mass is 9.98. The lowest BCUT2D eigenvalue weighted by Crippen LogP contribution is -2.45. The third-order valence-electron chi connectivity index (χ3n) is 12.8. The summed E-state index contributed by atoms with van der Waals surface area (Å²) >= 11 is 13.7. The molecule has 0 spiro atoms. The van der Waals surface area contributed by atoms with Gasteiger partial charge in [0.05, 0.1) is 34.0 Å². The molecule has 61 heavy (non-hydrogen) atoms. The van der Waals surface area contributed by atoms with E-state index in [1.165, 1.54) is 0 Å². The quantitative estimate of drug-likeness (QED) is 0.120. The molecule has 0 bridgehead atoms. The number of amides is 1. The summed E-state index contributed by atoms with van der Waals surface area (Å²) in [6.07, 6.45) is 7.05. The Bertz CT molecular complexity index is 2780. The van der Waals surface area contributed by atoms with Crippen LogP contribution in [0.25, 0.3) is 44.3 Å². The number of halogens is 2. The number of benzene rings is 3.